The lowest BCUT2D eigenvalue weighted by Crippen LogP contribution is -2.53. The maximum atomic E-state index is 15.1. The maximum Gasteiger partial charge on any atom is 0.226 e. The van der Waals surface area contributed by atoms with Crippen molar-refractivity contribution >= 4 is 11.8 Å². The molecule has 2 amide bonds. The van der Waals surface area contributed by atoms with E-state index in [9.17, 15) is 18.4 Å². The Morgan fingerprint density at radius 2 is 1.56 bits per heavy atom. The summed E-state index contributed by atoms with van der Waals surface area (Å²) in [4.78, 5) is 32.5. The van der Waals surface area contributed by atoms with Crippen LogP contribution in [0.1, 0.15) is 108 Å². The van der Waals surface area contributed by atoms with Gasteiger partial charge in [0.2, 0.25) is 11.8 Å². The zero-order valence-electron chi connectivity index (χ0n) is 27.0. The first-order valence-electron chi connectivity index (χ1n) is 15.7. The van der Waals surface area contributed by atoms with Crippen LogP contribution in [-0.4, -0.2) is 64.3 Å². The number of likely N-dealkylation sites (tertiary alicyclic amines) is 2. The second-order valence-corrected chi connectivity index (χ2v) is 13.8. The Morgan fingerprint density at radius 3 is 2.12 bits per heavy atom. The predicted molar refractivity (Wildman–Crippen MR) is 164 cm³/mol. The van der Waals surface area contributed by atoms with Crippen LogP contribution in [0.4, 0.5) is 13.2 Å². The number of nitrogens with zero attached hydrogens (tertiary/aromatic N) is 3. The molecule has 236 valence electrons. The van der Waals surface area contributed by atoms with Gasteiger partial charge >= 0.3 is 0 Å². The van der Waals surface area contributed by atoms with Crippen molar-refractivity contribution in [3.8, 4) is 0 Å². The first kappa shape index (κ1) is 33.0. The maximum absolute atomic E-state index is 15.1. The van der Waals surface area contributed by atoms with E-state index in [0.717, 1.165) is 23.7 Å². The van der Waals surface area contributed by atoms with E-state index in [2.05, 4.69) is 25.7 Å². The normalized spacial score (nSPS) is 21.3. The van der Waals surface area contributed by atoms with Gasteiger partial charge in [0, 0.05) is 56.0 Å². The van der Waals surface area contributed by atoms with Gasteiger partial charge in [-0.3, -0.25) is 14.5 Å². The van der Waals surface area contributed by atoms with Gasteiger partial charge in [0.15, 0.2) is 0 Å². The first-order chi connectivity index (χ1) is 20.1. The Labute approximate surface area is 255 Å². The molecule has 8 heteroatoms. The number of carbonyl (C=O) groups excluding carboxylic acids is 2. The number of amides is 2. The molecule has 0 radical (unpaired) electrons. The molecule has 0 N–H and O–H groups in total. The molecule has 2 aliphatic rings. The lowest BCUT2D eigenvalue weighted by molar-refractivity contribution is -0.139. The van der Waals surface area contributed by atoms with E-state index in [-0.39, 0.29) is 47.1 Å². The van der Waals surface area contributed by atoms with Gasteiger partial charge in [-0.15, -0.1) is 0 Å². The number of halogens is 3. The minimum absolute atomic E-state index is 0.0205. The highest BCUT2D eigenvalue weighted by atomic mass is 19.1. The quantitative estimate of drug-likeness (QED) is 0.349. The van der Waals surface area contributed by atoms with E-state index >= 15 is 4.39 Å². The Hall–Kier alpha value is -2.87. The summed E-state index contributed by atoms with van der Waals surface area (Å²) in [5.41, 5.74) is 2.67. The molecule has 2 fully saturated rings. The number of rotatable bonds is 6. The van der Waals surface area contributed by atoms with Crippen molar-refractivity contribution < 1.29 is 22.8 Å². The summed E-state index contributed by atoms with van der Waals surface area (Å²) in [5.74, 6) is -2.20. The third kappa shape index (κ3) is 7.11. The molecule has 3 unspecified atom stereocenters. The molecule has 2 heterocycles. The standard InChI is InChI=1S/C35H48F3N3O2/c1-21(2)41(24(5)42)23(4)29-19-32(37)22(3)17-30(29)25-11-14-39(15-12-25)34(43)28-13-16-40(35(6,7)8)20-31(28)27-10-9-26(36)18-33(27)38/h9-10,17-19,21,23,25,28,31H,11-16,20H2,1-8H3. The van der Waals surface area contributed by atoms with E-state index in [0.29, 0.717) is 50.0 Å². The number of hydrogen-bond donors (Lipinski definition) is 0. The number of hydrogen-bond acceptors (Lipinski definition) is 3. The SMILES string of the molecule is CC(=O)N(C(C)C)C(C)c1cc(F)c(C)cc1C1CCN(C(=O)C2CCN(C(C)(C)C)CC2c2ccc(F)cc2F)CC1. The highest BCUT2D eigenvalue weighted by Crippen LogP contribution is 2.40. The van der Waals surface area contributed by atoms with Crippen LogP contribution in [0.2, 0.25) is 0 Å². The number of piperidine rings is 2. The molecule has 2 aromatic carbocycles. The van der Waals surface area contributed by atoms with E-state index in [4.69, 9.17) is 0 Å². The van der Waals surface area contributed by atoms with Crippen LogP contribution in [0.3, 0.4) is 0 Å². The van der Waals surface area contributed by atoms with Gasteiger partial charge in [0.05, 0.1) is 6.04 Å². The molecule has 3 atom stereocenters. The van der Waals surface area contributed by atoms with E-state index in [1.54, 1.807) is 24.8 Å². The number of aryl methyl sites for hydroxylation is 1. The molecule has 2 aromatic rings. The van der Waals surface area contributed by atoms with Crippen LogP contribution in [0, 0.1) is 30.3 Å². The van der Waals surface area contributed by atoms with Gasteiger partial charge in [0.25, 0.3) is 0 Å². The summed E-state index contributed by atoms with van der Waals surface area (Å²) in [5, 5.41) is 0. The molecule has 5 nitrogen and oxygen atoms in total. The Kier molecular flexibility index (Phi) is 9.99. The molecule has 0 aliphatic carbocycles. The van der Waals surface area contributed by atoms with Gasteiger partial charge in [0.1, 0.15) is 17.5 Å². The summed E-state index contributed by atoms with van der Waals surface area (Å²) in [6.07, 6.45) is 2.04. The number of benzene rings is 2. The average Bonchev–Trinajstić information content (AvgIpc) is 2.93. The van der Waals surface area contributed by atoms with Crippen molar-refractivity contribution in [2.75, 3.05) is 26.2 Å². The summed E-state index contributed by atoms with van der Waals surface area (Å²) < 4.78 is 43.7. The van der Waals surface area contributed by atoms with Crippen LogP contribution in [0.5, 0.6) is 0 Å². The molecular weight excluding hydrogens is 551 g/mol. The Balaban J connectivity index is 1.56. The molecule has 0 aromatic heterocycles. The summed E-state index contributed by atoms with van der Waals surface area (Å²) in [6, 6.07) is 6.85. The van der Waals surface area contributed by atoms with Gasteiger partial charge in [-0.05, 0) is 115 Å². The van der Waals surface area contributed by atoms with Crippen molar-refractivity contribution in [2.24, 2.45) is 5.92 Å². The van der Waals surface area contributed by atoms with Crippen LogP contribution < -0.4 is 0 Å². The van der Waals surface area contributed by atoms with Crippen LogP contribution in [-0.2, 0) is 9.59 Å². The fourth-order valence-corrected chi connectivity index (χ4v) is 7.29. The molecule has 0 spiro atoms. The molecule has 2 aliphatic heterocycles. The van der Waals surface area contributed by atoms with Crippen LogP contribution in [0.15, 0.2) is 30.3 Å². The fraction of sp³-hybridized carbons (Fsp3) is 0.600. The zero-order valence-corrected chi connectivity index (χ0v) is 27.0. The smallest absolute Gasteiger partial charge is 0.226 e. The third-order valence-corrected chi connectivity index (χ3v) is 9.64. The monoisotopic (exact) mass is 599 g/mol. The number of carbonyl (C=O) groups is 2. The molecule has 2 saturated heterocycles. The Bertz CT molecular complexity index is 1330. The molecule has 0 bridgehead atoms. The molecule has 4 rings (SSSR count). The van der Waals surface area contributed by atoms with Gasteiger partial charge in [-0.1, -0.05) is 12.1 Å². The van der Waals surface area contributed by atoms with Crippen molar-refractivity contribution in [3.05, 3.63) is 70.0 Å². The topological polar surface area (TPSA) is 43.9 Å². The van der Waals surface area contributed by atoms with E-state index < -0.39 is 17.6 Å². The van der Waals surface area contributed by atoms with E-state index in [1.807, 2.05) is 31.7 Å². The highest BCUT2D eigenvalue weighted by molar-refractivity contribution is 5.80. The van der Waals surface area contributed by atoms with Gasteiger partial charge in [-0.25, -0.2) is 13.2 Å². The first-order valence-corrected chi connectivity index (χ1v) is 15.7. The highest BCUT2D eigenvalue weighted by Gasteiger charge is 2.42. The van der Waals surface area contributed by atoms with Crippen molar-refractivity contribution in [3.63, 3.8) is 0 Å². The second kappa shape index (κ2) is 13.0. The fourth-order valence-electron chi connectivity index (χ4n) is 7.29. The minimum atomic E-state index is -0.626. The van der Waals surface area contributed by atoms with Gasteiger partial charge in [-0.2, -0.15) is 0 Å². The summed E-state index contributed by atoms with van der Waals surface area (Å²) in [6.45, 7) is 17.9. The van der Waals surface area contributed by atoms with Crippen molar-refractivity contribution in [1.29, 1.82) is 0 Å². The lowest BCUT2D eigenvalue weighted by Gasteiger charge is -2.46. The van der Waals surface area contributed by atoms with Crippen molar-refractivity contribution in [2.45, 2.75) is 104 Å². The predicted octanol–water partition coefficient (Wildman–Crippen LogP) is 7.34. The minimum Gasteiger partial charge on any atom is -0.342 e. The zero-order chi connectivity index (χ0) is 31.8. The largest absolute Gasteiger partial charge is 0.342 e. The van der Waals surface area contributed by atoms with Crippen molar-refractivity contribution in [1.82, 2.24) is 14.7 Å². The molecule has 43 heavy (non-hydrogen) atoms. The lowest BCUT2D eigenvalue weighted by atomic mass is 9.77. The summed E-state index contributed by atoms with van der Waals surface area (Å²) >= 11 is 0. The average molecular weight is 600 g/mol. The van der Waals surface area contributed by atoms with Gasteiger partial charge < -0.3 is 9.80 Å². The van der Waals surface area contributed by atoms with E-state index in [1.165, 1.54) is 12.1 Å². The van der Waals surface area contributed by atoms with Crippen LogP contribution in [0.25, 0.3) is 0 Å². The third-order valence-electron chi connectivity index (χ3n) is 9.64. The summed E-state index contributed by atoms with van der Waals surface area (Å²) in [7, 11) is 0. The molecular formula is C35H48F3N3O2. The molecule has 0 saturated carbocycles. The Morgan fingerprint density at radius 1 is 0.907 bits per heavy atom. The second-order valence-electron chi connectivity index (χ2n) is 13.8. The van der Waals surface area contributed by atoms with Crippen LogP contribution >= 0.6 is 0 Å².